The lowest BCUT2D eigenvalue weighted by atomic mass is 10.2. The summed E-state index contributed by atoms with van der Waals surface area (Å²) in [7, 11) is 1.80. The number of rotatable bonds is 8. The van der Waals surface area contributed by atoms with Crippen molar-refractivity contribution in [3.63, 3.8) is 0 Å². The second kappa shape index (κ2) is 8.71. The average Bonchev–Trinajstić information content (AvgIpc) is 2.39. The van der Waals surface area contributed by atoms with Gasteiger partial charge in [0.25, 0.3) is 0 Å². The molecule has 0 amide bonds. The summed E-state index contributed by atoms with van der Waals surface area (Å²) in [6.07, 6.45) is -0.288. The summed E-state index contributed by atoms with van der Waals surface area (Å²) in [5.41, 5.74) is 1.29. The highest BCUT2D eigenvalue weighted by Gasteiger charge is 2.18. The van der Waals surface area contributed by atoms with Gasteiger partial charge in [0.05, 0.1) is 6.61 Å². The summed E-state index contributed by atoms with van der Waals surface area (Å²) < 4.78 is 16.3. The largest absolute Gasteiger partial charge is 0.410 e. The Hall–Kier alpha value is -0.333. The van der Waals surface area contributed by atoms with Gasteiger partial charge in [-0.2, -0.15) is 12.6 Å². The fourth-order valence-electron chi connectivity index (χ4n) is 1.82. The van der Waals surface area contributed by atoms with Crippen molar-refractivity contribution in [1.29, 1.82) is 0 Å². The van der Waals surface area contributed by atoms with E-state index in [0.717, 1.165) is 11.8 Å². The lowest BCUT2D eigenvalue weighted by Gasteiger charge is -2.21. The van der Waals surface area contributed by atoms with E-state index in [0.29, 0.717) is 6.61 Å². The number of ether oxygens (including phenoxy) is 2. The molecule has 0 aliphatic heterocycles. The lowest BCUT2D eigenvalue weighted by Crippen LogP contribution is -2.38. The molecule has 0 aromatic heterocycles. The van der Waals surface area contributed by atoms with Crippen LogP contribution in [0.2, 0.25) is 6.04 Å². The predicted octanol–water partition coefficient (Wildman–Crippen LogP) is 1.49. The fourth-order valence-corrected chi connectivity index (χ4v) is 4.74. The third kappa shape index (κ3) is 4.74. The van der Waals surface area contributed by atoms with Crippen LogP contribution in [0.15, 0.2) is 24.3 Å². The van der Waals surface area contributed by atoms with Crippen LogP contribution in [0.4, 0.5) is 0 Å². The van der Waals surface area contributed by atoms with Crippen LogP contribution < -0.4 is 5.19 Å². The van der Waals surface area contributed by atoms with E-state index in [-0.39, 0.29) is 6.29 Å². The maximum absolute atomic E-state index is 6.03. The van der Waals surface area contributed by atoms with E-state index in [2.05, 4.69) is 43.8 Å². The fraction of sp³-hybridized carbons (Fsp3) is 0.538. The maximum atomic E-state index is 6.03. The van der Waals surface area contributed by atoms with Crippen molar-refractivity contribution in [3.8, 4) is 0 Å². The lowest BCUT2D eigenvalue weighted by molar-refractivity contribution is -0.122. The van der Waals surface area contributed by atoms with Crippen molar-refractivity contribution in [3.05, 3.63) is 29.8 Å². The number of benzene rings is 1. The molecule has 18 heavy (non-hydrogen) atoms. The zero-order valence-corrected chi connectivity index (χ0v) is 13.3. The van der Waals surface area contributed by atoms with Crippen LogP contribution in [0.25, 0.3) is 0 Å². The van der Waals surface area contributed by atoms with Crippen LogP contribution in [0.3, 0.4) is 0 Å². The van der Waals surface area contributed by atoms with Gasteiger partial charge in [-0.1, -0.05) is 24.3 Å². The first kappa shape index (κ1) is 15.7. The third-order valence-corrected chi connectivity index (χ3v) is 6.38. The monoisotopic (exact) mass is 286 g/mol. The summed E-state index contributed by atoms with van der Waals surface area (Å²) in [5.74, 6) is 0.843. The molecule has 1 aromatic rings. The topological polar surface area (TPSA) is 27.7 Å². The summed E-state index contributed by atoms with van der Waals surface area (Å²) in [5, 5.41) is 1.34. The summed E-state index contributed by atoms with van der Waals surface area (Å²) in [6.45, 7) is 2.60. The van der Waals surface area contributed by atoms with Gasteiger partial charge in [0.1, 0.15) is 0 Å². The maximum Gasteiger partial charge on any atom is 0.209 e. The summed E-state index contributed by atoms with van der Waals surface area (Å²) in [4.78, 5) is 0. The molecule has 0 saturated heterocycles. The van der Waals surface area contributed by atoms with Crippen molar-refractivity contribution in [2.45, 2.75) is 19.3 Å². The quantitative estimate of drug-likeness (QED) is 0.446. The van der Waals surface area contributed by atoms with Crippen molar-refractivity contribution >= 4 is 26.9 Å². The van der Waals surface area contributed by atoms with Crippen molar-refractivity contribution in [2.75, 3.05) is 26.6 Å². The van der Waals surface area contributed by atoms with Crippen LogP contribution in [-0.2, 0) is 13.9 Å². The Labute approximate surface area is 117 Å². The molecule has 1 atom stereocenters. The summed E-state index contributed by atoms with van der Waals surface area (Å²) in [6, 6.07) is 9.41. The van der Waals surface area contributed by atoms with Gasteiger partial charge in [0, 0.05) is 14.2 Å². The molecular weight excluding hydrogens is 264 g/mol. The van der Waals surface area contributed by atoms with Crippen molar-refractivity contribution in [2.24, 2.45) is 0 Å². The Bertz CT molecular complexity index is 345. The molecule has 1 unspecified atom stereocenters. The standard InChI is InChI=1S/C13H22O3SSi/c1-11-6-4-5-7-12(11)18(9-8-17)16-10-13(14-2)15-3/h4-7,13,17-18H,8-10H2,1-3H3. The number of hydrogen-bond donors (Lipinski definition) is 1. The zero-order valence-electron chi connectivity index (χ0n) is 11.3. The minimum absolute atomic E-state index is 0.288. The molecule has 0 spiro atoms. The van der Waals surface area contributed by atoms with E-state index in [1.165, 1.54) is 10.8 Å². The first-order valence-corrected chi connectivity index (χ1v) is 8.56. The van der Waals surface area contributed by atoms with Crippen LogP contribution >= 0.6 is 12.6 Å². The van der Waals surface area contributed by atoms with Gasteiger partial charge >= 0.3 is 0 Å². The molecule has 0 fully saturated rings. The second-order valence-corrected chi connectivity index (χ2v) is 7.05. The molecule has 0 saturated carbocycles. The van der Waals surface area contributed by atoms with E-state index >= 15 is 0 Å². The number of hydrogen-bond acceptors (Lipinski definition) is 4. The number of thiol groups is 1. The molecule has 0 aliphatic carbocycles. The van der Waals surface area contributed by atoms with E-state index in [1.54, 1.807) is 14.2 Å². The highest BCUT2D eigenvalue weighted by molar-refractivity contribution is 7.80. The van der Waals surface area contributed by atoms with Crippen LogP contribution in [0.5, 0.6) is 0 Å². The molecule has 5 heteroatoms. The van der Waals surface area contributed by atoms with E-state index in [1.807, 2.05) is 0 Å². The van der Waals surface area contributed by atoms with Gasteiger partial charge in [-0.25, -0.2) is 0 Å². The van der Waals surface area contributed by atoms with E-state index < -0.39 is 9.04 Å². The van der Waals surface area contributed by atoms with Gasteiger partial charge in [-0.15, -0.1) is 0 Å². The van der Waals surface area contributed by atoms with Gasteiger partial charge in [-0.3, -0.25) is 0 Å². The Morgan fingerprint density at radius 1 is 1.22 bits per heavy atom. The van der Waals surface area contributed by atoms with Crippen LogP contribution in [0, 0.1) is 6.92 Å². The van der Waals surface area contributed by atoms with Gasteiger partial charge < -0.3 is 13.9 Å². The zero-order chi connectivity index (χ0) is 13.4. The molecular formula is C13H22O3SSi. The molecule has 0 heterocycles. The van der Waals surface area contributed by atoms with Gasteiger partial charge in [0.2, 0.25) is 9.04 Å². The first-order valence-electron chi connectivity index (χ1n) is 6.06. The second-order valence-electron chi connectivity index (χ2n) is 4.09. The highest BCUT2D eigenvalue weighted by atomic mass is 32.1. The molecule has 3 nitrogen and oxygen atoms in total. The SMILES string of the molecule is COC(CO[SiH](CCS)c1ccccc1C)OC. The Morgan fingerprint density at radius 3 is 2.44 bits per heavy atom. The normalized spacial score (nSPS) is 12.9. The smallest absolute Gasteiger partial charge is 0.209 e. The average molecular weight is 286 g/mol. The highest BCUT2D eigenvalue weighted by Crippen LogP contribution is 2.05. The van der Waals surface area contributed by atoms with Gasteiger partial charge in [-0.05, 0) is 29.5 Å². The van der Waals surface area contributed by atoms with Gasteiger partial charge in [0.15, 0.2) is 6.29 Å². The molecule has 102 valence electrons. The number of methoxy groups -OCH3 is 2. The van der Waals surface area contributed by atoms with E-state index in [4.69, 9.17) is 13.9 Å². The molecule has 0 bridgehead atoms. The summed E-state index contributed by atoms with van der Waals surface area (Å²) >= 11 is 4.33. The molecule has 0 aliphatic rings. The Morgan fingerprint density at radius 2 is 1.89 bits per heavy atom. The first-order chi connectivity index (χ1) is 8.72. The van der Waals surface area contributed by atoms with Crippen molar-refractivity contribution < 1.29 is 13.9 Å². The van der Waals surface area contributed by atoms with E-state index in [9.17, 15) is 0 Å². The minimum atomic E-state index is -1.45. The minimum Gasteiger partial charge on any atom is -0.410 e. The Kier molecular flexibility index (Phi) is 7.61. The van der Waals surface area contributed by atoms with Crippen LogP contribution in [0.1, 0.15) is 5.56 Å². The van der Waals surface area contributed by atoms with Crippen LogP contribution in [-0.4, -0.2) is 41.9 Å². The molecule has 1 rings (SSSR count). The molecule has 0 N–H and O–H groups in total. The Balaban J connectivity index is 2.68. The predicted molar refractivity (Wildman–Crippen MR) is 80.4 cm³/mol. The molecule has 1 aromatic carbocycles. The number of aryl methyl sites for hydroxylation is 1. The molecule has 0 radical (unpaired) electrons. The third-order valence-electron chi connectivity index (χ3n) is 2.89. The van der Waals surface area contributed by atoms with Crippen molar-refractivity contribution in [1.82, 2.24) is 0 Å².